The summed E-state index contributed by atoms with van der Waals surface area (Å²) in [5.41, 5.74) is 19.2. The number of nitrogens with two attached hydrogens (primary N) is 1. The summed E-state index contributed by atoms with van der Waals surface area (Å²) in [4.78, 5) is 0. The van der Waals surface area contributed by atoms with Gasteiger partial charge in [0, 0.05) is 18.4 Å². The van der Waals surface area contributed by atoms with Crippen molar-refractivity contribution in [3.8, 4) is 0 Å². The fourth-order valence-corrected chi connectivity index (χ4v) is 5.93. The highest BCUT2D eigenvalue weighted by atomic mass is 14.5. The summed E-state index contributed by atoms with van der Waals surface area (Å²) >= 11 is 0. The summed E-state index contributed by atoms with van der Waals surface area (Å²) in [5.74, 6) is 0.600. The van der Waals surface area contributed by atoms with E-state index in [9.17, 15) is 0 Å². The molecule has 0 saturated heterocycles. The Morgan fingerprint density at radius 2 is 1.10 bits per heavy atom. The smallest absolute Gasteiger partial charge is 0.0178 e. The van der Waals surface area contributed by atoms with Crippen LogP contribution < -0.4 is 5.73 Å². The molecule has 5 aromatic rings. The number of hydrogen-bond acceptors (Lipinski definition) is 1. The van der Waals surface area contributed by atoms with Gasteiger partial charge in [0.15, 0.2) is 0 Å². The lowest BCUT2D eigenvalue weighted by Gasteiger charge is -2.22. The van der Waals surface area contributed by atoms with Crippen LogP contribution in [0.15, 0.2) is 134 Å². The van der Waals surface area contributed by atoms with Gasteiger partial charge in [-0.2, -0.15) is 0 Å². The molecule has 0 amide bonds. The Balaban J connectivity index is 1.46. The molecule has 212 valence electrons. The van der Waals surface area contributed by atoms with Crippen LogP contribution in [-0.4, -0.2) is 0 Å². The molecule has 0 aromatic heterocycles. The highest BCUT2D eigenvalue weighted by Crippen LogP contribution is 2.34. The van der Waals surface area contributed by atoms with Gasteiger partial charge in [0.1, 0.15) is 0 Å². The zero-order valence-electron chi connectivity index (χ0n) is 25.1. The molecule has 0 aliphatic carbocycles. The molecule has 1 heteroatoms. The van der Waals surface area contributed by atoms with Gasteiger partial charge in [-0.25, -0.2) is 0 Å². The second kappa shape index (κ2) is 14.1. The summed E-state index contributed by atoms with van der Waals surface area (Å²) < 4.78 is 0. The van der Waals surface area contributed by atoms with E-state index in [0.29, 0.717) is 12.5 Å². The van der Waals surface area contributed by atoms with E-state index in [1.807, 2.05) is 6.08 Å². The predicted octanol–water partition coefficient (Wildman–Crippen LogP) is 9.63. The predicted molar refractivity (Wildman–Crippen MR) is 179 cm³/mol. The Morgan fingerprint density at radius 3 is 1.69 bits per heavy atom. The first-order chi connectivity index (χ1) is 20.5. The molecule has 0 aliphatic rings. The van der Waals surface area contributed by atoms with E-state index in [1.54, 1.807) is 0 Å². The standard InChI is InChI=1S/C41H43N/c1-4-6-32-15-22-38(23-16-32)41(37-20-11-31(3)12-21-37)28-35-7-5-8-39(27-35)40(36-24-17-34(29-42)18-25-36)26-19-33-13-9-30(2)10-14-33/h4-5,7-18,20-25,27,40-41H,1,6,19,26,28-29,42H2,2-3H3/t40?,41-/m1/s1. The molecule has 42 heavy (non-hydrogen) atoms. The molecule has 5 rings (SSSR count). The molecule has 1 nitrogen and oxygen atoms in total. The van der Waals surface area contributed by atoms with E-state index >= 15 is 0 Å². The van der Waals surface area contributed by atoms with Gasteiger partial charge in [0.05, 0.1) is 0 Å². The summed E-state index contributed by atoms with van der Waals surface area (Å²) in [7, 11) is 0. The molecular formula is C41H43N. The van der Waals surface area contributed by atoms with Gasteiger partial charge in [-0.05, 0) is 84.0 Å². The van der Waals surface area contributed by atoms with Crippen LogP contribution in [0.3, 0.4) is 0 Å². The van der Waals surface area contributed by atoms with Crippen LogP contribution in [0, 0.1) is 13.8 Å². The third-order valence-electron chi connectivity index (χ3n) is 8.50. The van der Waals surface area contributed by atoms with E-state index in [1.165, 1.54) is 55.6 Å². The zero-order valence-corrected chi connectivity index (χ0v) is 25.1. The van der Waals surface area contributed by atoms with Gasteiger partial charge in [0.25, 0.3) is 0 Å². The minimum Gasteiger partial charge on any atom is -0.326 e. The van der Waals surface area contributed by atoms with Gasteiger partial charge in [-0.1, -0.05) is 139 Å². The van der Waals surface area contributed by atoms with Gasteiger partial charge >= 0.3 is 0 Å². The van der Waals surface area contributed by atoms with Crippen LogP contribution in [0.2, 0.25) is 0 Å². The molecular weight excluding hydrogens is 506 g/mol. The Hall–Kier alpha value is -4.20. The Labute approximate surface area is 252 Å². The van der Waals surface area contributed by atoms with Crippen LogP contribution in [-0.2, 0) is 25.8 Å². The second-order valence-electron chi connectivity index (χ2n) is 11.7. The molecule has 5 aromatic carbocycles. The van der Waals surface area contributed by atoms with Crippen molar-refractivity contribution in [3.63, 3.8) is 0 Å². The van der Waals surface area contributed by atoms with Gasteiger partial charge in [-0.3, -0.25) is 0 Å². The minimum absolute atomic E-state index is 0.286. The van der Waals surface area contributed by atoms with E-state index in [4.69, 9.17) is 5.73 Å². The van der Waals surface area contributed by atoms with Gasteiger partial charge in [0.2, 0.25) is 0 Å². The molecule has 1 unspecified atom stereocenters. The molecule has 0 spiro atoms. The van der Waals surface area contributed by atoms with Crippen LogP contribution >= 0.6 is 0 Å². The Kier molecular flexibility index (Phi) is 9.85. The molecule has 0 fully saturated rings. The maximum absolute atomic E-state index is 5.92. The maximum atomic E-state index is 5.92. The Bertz CT molecular complexity index is 1560. The third-order valence-corrected chi connectivity index (χ3v) is 8.50. The first-order valence-electron chi connectivity index (χ1n) is 15.2. The summed E-state index contributed by atoms with van der Waals surface area (Å²) in [6, 6.07) is 45.4. The van der Waals surface area contributed by atoms with Crippen molar-refractivity contribution >= 4 is 0 Å². The fourth-order valence-electron chi connectivity index (χ4n) is 5.93. The van der Waals surface area contributed by atoms with Gasteiger partial charge in [-0.15, -0.1) is 6.58 Å². The van der Waals surface area contributed by atoms with Crippen molar-refractivity contribution < 1.29 is 0 Å². The normalized spacial score (nSPS) is 12.5. The van der Waals surface area contributed by atoms with E-state index < -0.39 is 0 Å². The largest absolute Gasteiger partial charge is 0.326 e. The van der Waals surface area contributed by atoms with Crippen molar-refractivity contribution in [1.82, 2.24) is 0 Å². The average molecular weight is 550 g/mol. The lowest BCUT2D eigenvalue weighted by molar-refractivity contribution is 0.711. The molecule has 0 radical (unpaired) electrons. The van der Waals surface area contributed by atoms with Crippen molar-refractivity contribution in [2.45, 2.75) is 57.9 Å². The lowest BCUT2D eigenvalue weighted by atomic mass is 9.82. The topological polar surface area (TPSA) is 26.0 Å². The third kappa shape index (κ3) is 7.55. The van der Waals surface area contributed by atoms with Crippen molar-refractivity contribution in [2.75, 3.05) is 0 Å². The Morgan fingerprint density at radius 1 is 0.571 bits per heavy atom. The van der Waals surface area contributed by atoms with E-state index in [-0.39, 0.29) is 5.92 Å². The van der Waals surface area contributed by atoms with Crippen molar-refractivity contribution in [1.29, 1.82) is 0 Å². The lowest BCUT2D eigenvalue weighted by Crippen LogP contribution is -2.08. The number of aryl methyl sites for hydroxylation is 3. The summed E-state index contributed by atoms with van der Waals surface area (Å²) in [5, 5.41) is 0. The fraction of sp³-hybridized carbons (Fsp3) is 0.220. The summed E-state index contributed by atoms with van der Waals surface area (Å²) in [6.45, 7) is 8.78. The average Bonchev–Trinajstić information content (AvgIpc) is 3.02. The maximum Gasteiger partial charge on any atom is 0.0178 e. The number of allylic oxidation sites excluding steroid dienone is 1. The molecule has 0 heterocycles. The van der Waals surface area contributed by atoms with Crippen LogP contribution in [0.4, 0.5) is 0 Å². The second-order valence-corrected chi connectivity index (χ2v) is 11.7. The highest BCUT2D eigenvalue weighted by molar-refractivity contribution is 5.41. The molecule has 2 N–H and O–H groups in total. The number of rotatable bonds is 12. The highest BCUT2D eigenvalue weighted by Gasteiger charge is 2.19. The minimum atomic E-state index is 0.286. The van der Waals surface area contributed by atoms with Crippen molar-refractivity contribution in [3.05, 3.63) is 190 Å². The first kappa shape index (κ1) is 29.3. The van der Waals surface area contributed by atoms with Crippen LogP contribution in [0.25, 0.3) is 0 Å². The first-order valence-corrected chi connectivity index (χ1v) is 15.2. The van der Waals surface area contributed by atoms with E-state index in [2.05, 4.69) is 142 Å². The van der Waals surface area contributed by atoms with Crippen LogP contribution in [0.1, 0.15) is 73.9 Å². The number of hydrogen-bond donors (Lipinski definition) is 1. The molecule has 0 aliphatic heterocycles. The monoisotopic (exact) mass is 549 g/mol. The van der Waals surface area contributed by atoms with Gasteiger partial charge < -0.3 is 5.73 Å². The SMILES string of the molecule is C=CCc1ccc([C@H](Cc2cccc(C(CCc3ccc(C)cc3)c3ccc(CN)cc3)c2)c2ccc(C)cc2)cc1. The quantitative estimate of drug-likeness (QED) is 0.154. The van der Waals surface area contributed by atoms with E-state index in [0.717, 1.165) is 25.7 Å². The summed E-state index contributed by atoms with van der Waals surface area (Å²) in [6.07, 6.45) is 5.91. The van der Waals surface area contributed by atoms with Crippen LogP contribution in [0.5, 0.6) is 0 Å². The van der Waals surface area contributed by atoms with Crippen molar-refractivity contribution in [2.24, 2.45) is 5.73 Å². The molecule has 0 saturated carbocycles. The molecule has 0 bridgehead atoms. The zero-order chi connectivity index (χ0) is 29.3. The molecule has 2 atom stereocenters. The number of benzene rings is 5.